The van der Waals surface area contributed by atoms with E-state index in [2.05, 4.69) is 4.98 Å². The Morgan fingerprint density at radius 1 is 1.37 bits per heavy atom. The zero-order valence-electron chi connectivity index (χ0n) is 15.5. The highest BCUT2D eigenvalue weighted by molar-refractivity contribution is 5.92. The normalized spacial score (nSPS) is 22.0. The molecule has 0 aliphatic carbocycles. The Morgan fingerprint density at radius 3 is 2.67 bits per heavy atom. The van der Waals surface area contributed by atoms with Gasteiger partial charge in [-0.2, -0.15) is 4.98 Å². The maximum Gasteiger partial charge on any atom is 0.351 e. The van der Waals surface area contributed by atoms with Crippen LogP contribution < -0.4 is 11.4 Å². The van der Waals surface area contributed by atoms with Gasteiger partial charge >= 0.3 is 11.7 Å². The van der Waals surface area contributed by atoms with Crippen LogP contribution in [0.15, 0.2) is 29.2 Å². The Morgan fingerprint density at radius 2 is 2.04 bits per heavy atom. The quantitative estimate of drug-likeness (QED) is 0.775. The van der Waals surface area contributed by atoms with Gasteiger partial charge in [-0.15, -0.1) is 0 Å². The lowest BCUT2D eigenvalue weighted by Crippen LogP contribution is -2.29. The third-order valence-corrected chi connectivity index (χ3v) is 4.63. The van der Waals surface area contributed by atoms with E-state index in [0.717, 1.165) is 16.7 Å². The van der Waals surface area contributed by atoms with Crippen molar-refractivity contribution in [3.8, 4) is 0 Å². The first-order valence-corrected chi connectivity index (χ1v) is 8.69. The van der Waals surface area contributed by atoms with Crippen molar-refractivity contribution in [2.24, 2.45) is 0 Å². The van der Waals surface area contributed by atoms with E-state index in [9.17, 15) is 14.7 Å². The highest BCUT2D eigenvalue weighted by atomic mass is 16.6. The summed E-state index contributed by atoms with van der Waals surface area (Å²) < 4.78 is 12.3. The van der Waals surface area contributed by atoms with Gasteiger partial charge in [0, 0.05) is 12.6 Å². The lowest BCUT2D eigenvalue weighted by atomic mass is 10.00. The zero-order chi connectivity index (χ0) is 19.7. The molecule has 0 bridgehead atoms. The third-order valence-electron chi connectivity index (χ3n) is 4.63. The lowest BCUT2D eigenvalue weighted by molar-refractivity contribution is -0.0531. The number of hydrogen-bond donors (Lipinski definition) is 2. The van der Waals surface area contributed by atoms with Crippen LogP contribution in [0.25, 0.3) is 0 Å². The van der Waals surface area contributed by atoms with Crippen LogP contribution in [0, 0.1) is 20.8 Å². The van der Waals surface area contributed by atoms with E-state index in [1.807, 2.05) is 32.9 Å². The predicted molar refractivity (Wildman–Crippen MR) is 98.4 cm³/mol. The fourth-order valence-corrected chi connectivity index (χ4v) is 3.41. The minimum Gasteiger partial charge on any atom is -0.459 e. The number of benzene rings is 1. The number of nitrogens with zero attached hydrogens (tertiary/aromatic N) is 2. The molecular formula is C19H23N3O5. The smallest absolute Gasteiger partial charge is 0.351 e. The van der Waals surface area contributed by atoms with Crippen molar-refractivity contribution in [3.05, 3.63) is 57.1 Å². The van der Waals surface area contributed by atoms with Gasteiger partial charge in [-0.3, -0.25) is 4.57 Å². The summed E-state index contributed by atoms with van der Waals surface area (Å²) in [4.78, 5) is 28.0. The minimum absolute atomic E-state index is 0.111. The second kappa shape index (κ2) is 7.50. The first kappa shape index (κ1) is 19.1. The molecule has 0 spiro atoms. The summed E-state index contributed by atoms with van der Waals surface area (Å²) >= 11 is 0. The summed E-state index contributed by atoms with van der Waals surface area (Å²) in [5, 5.41) is 10.2. The monoisotopic (exact) mass is 373 g/mol. The number of hydrogen-bond acceptors (Lipinski definition) is 7. The molecule has 8 nitrogen and oxygen atoms in total. The summed E-state index contributed by atoms with van der Waals surface area (Å²) in [5.74, 6) is -0.348. The molecular weight excluding hydrogens is 350 g/mol. The molecule has 0 amide bonds. The number of anilines is 1. The van der Waals surface area contributed by atoms with Crippen LogP contribution >= 0.6 is 0 Å². The molecule has 1 fully saturated rings. The van der Waals surface area contributed by atoms with Gasteiger partial charge < -0.3 is 20.3 Å². The molecule has 27 heavy (non-hydrogen) atoms. The SMILES string of the molecule is Cc1cc(C)c(C(=O)OC[C@H]2O[C@@H](n3ccc(N)nc3=O)C[C@@H]2O)c(C)c1. The van der Waals surface area contributed by atoms with E-state index in [0.29, 0.717) is 5.56 Å². The fourth-order valence-electron chi connectivity index (χ4n) is 3.41. The maximum absolute atomic E-state index is 12.5. The molecule has 2 heterocycles. The second-order valence-corrected chi connectivity index (χ2v) is 6.85. The number of ether oxygens (including phenoxy) is 2. The average molecular weight is 373 g/mol. The first-order valence-electron chi connectivity index (χ1n) is 8.69. The molecule has 144 valence electrons. The maximum atomic E-state index is 12.5. The molecule has 3 atom stereocenters. The summed E-state index contributed by atoms with van der Waals surface area (Å²) in [6, 6.07) is 5.32. The van der Waals surface area contributed by atoms with Crippen LogP contribution in [0.3, 0.4) is 0 Å². The van der Waals surface area contributed by atoms with E-state index in [1.165, 1.54) is 16.8 Å². The van der Waals surface area contributed by atoms with Gasteiger partial charge in [0.25, 0.3) is 0 Å². The van der Waals surface area contributed by atoms with Gasteiger partial charge in [0.2, 0.25) is 0 Å². The topological polar surface area (TPSA) is 117 Å². The molecule has 1 saturated heterocycles. The Bertz CT molecular complexity index is 901. The third kappa shape index (κ3) is 4.01. The molecule has 8 heteroatoms. The number of carbonyl (C=O) groups is 1. The molecule has 0 radical (unpaired) electrons. The Kier molecular flexibility index (Phi) is 5.29. The number of aromatic nitrogens is 2. The molecule has 0 saturated carbocycles. The van der Waals surface area contributed by atoms with Gasteiger partial charge in [-0.1, -0.05) is 17.7 Å². The number of aliphatic hydroxyl groups is 1. The van der Waals surface area contributed by atoms with Crippen molar-refractivity contribution in [2.45, 2.75) is 45.6 Å². The summed E-state index contributed by atoms with van der Waals surface area (Å²) in [6.07, 6.45) is -0.625. The fraction of sp³-hybridized carbons (Fsp3) is 0.421. The summed E-state index contributed by atoms with van der Waals surface area (Å²) in [6.45, 7) is 5.56. The van der Waals surface area contributed by atoms with Crippen molar-refractivity contribution in [2.75, 3.05) is 12.3 Å². The molecule has 1 aliphatic rings. The van der Waals surface area contributed by atoms with Gasteiger partial charge in [0.15, 0.2) is 0 Å². The number of aliphatic hydroxyl groups excluding tert-OH is 1. The van der Waals surface area contributed by atoms with E-state index in [-0.39, 0.29) is 18.8 Å². The van der Waals surface area contributed by atoms with Crippen molar-refractivity contribution in [3.63, 3.8) is 0 Å². The summed E-state index contributed by atoms with van der Waals surface area (Å²) in [5.41, 5.74) is 8.18. The Labute approximate surface area is 156 Å². The van der Waals surface area contributed by atoms with Gasteiger partial charge in [0.1, 0.15) is 24.8 Å². The van der Waals surface area contributed by atoms with Crippen molar-refractivity contribution in [1.82, 2.24) is 9.55 Å². The first-order chi connectivity index (χ1) is 12.8. The van der Waals surface area contributed by atoms with E-state index in [1.54, 1.807) is 0 Å². The van der Waals surface area contributed by atoms with Crippen molar-refractivity contribution < 1.29 is 19.4 Å². The predicted octanol–water partition coefficient (Wildman–Crippen LogP) is 1.26. The van der Waals surface area contributed by atoms with E-state index < -0.39 is 30.1 Å². The largest absolute Gasteiger partial charge is 0.459 e. The lowest BCUT2D eigenvalue weighted by Gasteiger charge is -2.17. The van der Waals surface area contributed by atoms with E-state index >= 15 is 0 Å². The van der Waals surface area contributed by atoms with Gasteiger partial charge in [-0.25, -0.2) is 9.59 Å². The van der Waals surface area contributed by atoms with Gasteiger partial charge in [-0.05, 0) is 38.0 Å². The highest BCUT2D eigenvalue weighted by Gasteiger charge is 2.36. The van der Waals surface area contributed by atoms with Crippen LogP contribution in [0.1, 0.15) is 39.7 Å². The second-order valence-electron chi connectivity index (χ2n) is 6.85. The molecule has 1 aromatic heterocycles. The Balaban J connectivity index is 1.67. The number of nitrogen functional groups attached to an aromatic ring is 1. The molecule has 2 aromatic rings. The number of aryl methyl sites for hydroxylation is 3. The highest BCUT2D eigenvalue weighted by Crippen LogP contribution is 2.28. The van der Waals surface area contributed by atoms with Crippen LogP contribution in [0.2, 0.25) is 0 Å². The Hall–Kier alpha value is -2.71. The zero-order valence-corrected chi connectivity index (χ0v) is 15.5. The molecule has 1 aliphatic heterocycles. The van der Waals surface area contributed by atoms with Crippen molar-refractivity contribution in [1.29, 1.82) is 0 Å². The van der Waals surface area contributed by atoms with Crippen molar-refractivity contribution >= 4 is 11.8 Å². The van der Waals surface area contributed by atoms with Gasteiger partial charge in [0.05, 0.1) is 11.7 Å². The minimum atomic E-state index is -0.868. The van der Waals surface area contributed by atoms with Crippen LogP contribution in [-0.4, -0.2) is 39.4 Å². The average Bonchev–Trinajstić information content (AvgIpc) is 2.92. The standard InChI is InChI=1S/C19H23N3O5/c1-10-6-11(2)17(12(3)7-10)18(24)26-9-14-13(23)8-16(27-14)22-5-4-15(20)21-19(22)25/h4-7,13-14,16,23H,8-9H2,1-3H3,(H2,20,21,25)/t13-,14+,16+/m0/s1. The molecule has 0 unspecified atom stereocenters. The van der Waals surface area contributed by atoms with Crippen LogP contribution in [-0.2, 0) is 9.47 Å². The molecule has 3 rings (SSSR count). The number of rotatable bonds is 4. The number of esters is 1. The summed E-state index contributed by atoms with van der Waals surface area (Å²) in [7, 11) is 0. The van der Waals surface area contributed by atoms with Crippen LogP contribution in [0.5, 0.6) is 0 Å². The molecule has 1 aromatic carbocycles. The number of carbonyl (C=O) groups excluding carboxylic acids is 1. The number of nitrogens with two attached hydrogens (primary N) is 1. The van der Waals surface area contributed by atoms with Crippen LogP contribution in [0.4, 0.5) is 5.82 Å². The van der Waals surface area contributed by atoms with E-state index in [4.69, 9.17) is 15.2 Å². The molecule has 3 N–H and O–H groups in total.